The van der Waals surface area contributed by atoms with E-state index in [1.165, 1.54) is 11.8 Å². The summed E-state index contributed by atoms with van der Waals surface area (Å²) in [6, 6.07) is 7.37. The van der Waals surface area contributed by atoms with Crippen molar-refractivity contribution in [1.29, 1.82) is 0 Å². The van der Waals surface area contributed by atoms with Crippen molar-refractivity contribution in [2.45, 2.75) is 24.8 Å². The van der Waals surface area contributed by atoms with Gasteiger partial charge in [-0.05, 0) is 32.2 Å². The number of nitrogens with two attached hydrogens (primary N) is 1. The number of carbonyl (C=O) groups is 1. The van der Waals surface area contributed by atoms with Crippen LogP contribution in [0.1, 0.15) is 24.2 Å². The summed E-state index contributed by atoms with van der Waals surface area (Å²) in [5.41, 5.74) is 6.13. The molecule has 0 radical (unpaired) electrons. The second kappa shape index (κ2) is 7.04. The van der Waals surface area contributed by atoms with Gasteiger partial charge < -0.3 is 15.8 Å². The summed E-state index contributed by atoms with van der Waals surface area (Å²) in [6.07, 6.45) is 1.93. The number of nitrogens with zero attached hydrogens (tertiary/aromatic N) is 2. The minimum Gasteiger partial charge on any atom is -0.409 e. The van der Waals surface area contributed by atoms with Gasteiger partial charge in [-0.25, -0.2) is 0 Å². The van der Waals surface area contributed by atoms with Gasteiger partial charge in [0.2, 0.25) is 0 Å². The van der Waals surface area contributed by atoms with Gasteiger partial charge in [-0.3, -0.25) is 4.79 Å². The van der Waals surface area contributed by atoms with Gasteiger partial charge in [-0.15, -0.1) is 11.8 Å². The molecule has 0 aromatic heterocycles. The Balaban J connectivity index is 3.06. The lowest BCUT2D eigenvalue weighted by molar-refractivity contribution is 0.0730. The number of carbonyl (C=O) groups excluding carboxylic acids is 1. The van der Waals surface area contributed by atoms with Crippen LogP contribution in [0.25, 0.3) is 0 Å². The molecular weight excluding hydrogens is 262 g/mol. The van der Waals surface area contributed by atoms with Gasteiger partial charge in [-0.2, -0.15) is 0 Å². The number of amides is 1. The van der Waals surface area contributed by atoms with E-state index in [2.05, 4.69) is 5.16 Å². The molecule has 104 valence electrons. The molecule has 1 aromatic rings. The molecule has 0 saturated carbocycles. The summed E-state index contributed by atoms with van der Waals surface area (Å²) in [5, 5.41) is 11.6. The van der Waals surface area contributed by atoms with E-state index in [-0.39, 0.29) is 24.3 Å². The highest BCUT2D eigenvalue weighted by atomic mass is 32.2. The molecule has 1 aromatic carbocycles. The fourth-order valence-electron chi connectivity index (χ4n) is 1.67. The molecule has 0 bridgehead atoms. The Morgan fingerprint density at radius 3 is 2.63 bits per heavy atom. The standard InChI is InChI=1S/C13H19N3O2S/c1-9(2)16(8-12(14)15-18)13(17)10-6-4-5-7-11(10)19-3/h4-7,9,18H,8H2,1-3H3,(H2,14,15). The van der Waals surface area contributed by atoms with Crippen molar-refractivity contribution in [3.63, 3.8) is 0 Å². The molecule has 0 aliphatic heterocycles. The number of hydrogen-bond donors (Lipinski definition) is 2. The largest absolute Gasteiger partial charge is 0.409 e. The summed E-state index contributed by atoms with van der Waals surface area (Å²) < 4.78 is 0. The Morgan fingerprint density at radius 1 is 1.47 bits per heavy atom. The maximum Gasteiger partial charge on any atom is 0.255 e. The normalized spacial score (nSPS) is 11.7. The topological polar surface area (TPSA) is 78.9 Å². The van der Waals surface area contributed by atoms with Crippen LogP contribution < -0.4 is 5.73 Å². The van der Waals surface area contributed by atoms with E-state index in [1.54, 1.807) is 11.0 Å². The van der Waals surface area contributed by atoms with Crippen LogP contribution in [-0.2, 0) is 0 Å². The number of oxime groups is 1. The first-order valence-electron chi connectivity index (χ1n) is 5.91. The van der Waals surface area contributed by atoms with E-state index in [0.717, 1.165) is 4.90 Å². The first kappa shape index (κ1) is 15.4. The van der Waals surface area contributed by atoms with E-state index in [4.69, 9.17) is 10.9 Å². The Morgan fingerprint density at radius 2 is 2.11 bits per heavy atom. The average molecular weight is 281 g/mol. The third-order valence-electron chi connectivity index (χ3n) is 2.68. The molecule has 5 nitrogen and oxygen atoms in total. The van der Waals surface area contributed by atoms with Crippen LogP contribution in [0.3, 0.4) is 0 Å². The lowest BCUT2D eigenvalue weighted by atomic mass is 10.1. The van der Waals surface area contributed by atoms with Crippen molar-refractivity contribution in [2.24, 2.45) is 10.9 Å². The summed E-state index contributed by atoms with van der Waals surface area (Å²) in [6.45, 7) is 3.89. The van der Waals surface area contributed by atoms with E-state index < -0.39 is 0 Å². The zero-order chi connectivity index (χ0) is 14.4. The molecule has 1 amide bonds. The summed E-state index contributed by atoms with van der Waals surface area (Å²) >= 11 is 1.52. The molecule has 0 atom stereocenters. The predicted octanol–water partition coefficient (Wildman–Crippen LogP) is 2.01. The monoisotopic (exact) mass is 281 g/mol. The quantitative estimate of drug-likeness (QED) is 0.284. The molecule has 3 N–H and O–H groups in total. The van der Waals surface area contributed by atoms with Crippen LogP contribution in [0.4, 0.5) is 0 Å². The smallest absolute Gasteiger partial charge is 0.255 e. The van der Waals surface area contributed by atoms with Gasteiger partial charge in [0, 0.05) is 10.9 Å². The number of amidine groups is 1. The van der Waals surface area contributed by atoms with E-state index >= 15 is 0 Å². The van der Waals surface area contributed by atoms with Crippen molar-refractivity contribution in [1.82, 2.24) is 4.90 Å². The molecule has 1 rings (SSSR count). The van der Waals surface area contributed by atoms with Crippen molar-refractivity contribution in [2.75, 3.05) is 12.8 Å². The van der Waals surface area contributed by atoms with Gasteiger partial charge >= 0.3 is 0 Å². The zero-order valence-electron chi connectivity index (χ0n) is 11.3. The average Bonchev–Trinajstić information content (AvgIpc) is 2.43. The highest BCUT2D eigenvalue weighted by molar-refractivity contribution is 7.98. The highest BCUT2D eigenvalue weighted by Gasteiger charge is 2.21. The maximum atomic E-state index is 12.5. The zero-order valence-corrected chi connectivity index (χ0v) is 12.1. The van der Waals surface area contributed by atoms with Gasteiger partial charge in [0.05, 0.1) is 12.1 Å². The predicted molar refractivity (Wildman–Crippen MR) is 77.8 cm³/mol. The van der Waals surface area contributed by atoms with Crippen LogP contribution in [0.2, 0.25) is 0 Å². The van der Waals surface area contributed by atoms with Gasteiger partial charge in [0.1, 0.15) is 0 Å². The van der Waals surface area contributed by atoms with E-state index in [9.17, 15) is 4.79 Å². The van der Waals surface area contributed by atoms with Crippen molar-refractivity contribution >= 4 is 23.5 Å². The molecule has 0 fully saturated rings. The third-order valence-corrected chi connectivity index (χ3v) is 3.48. The number of thioether (sulfide) groups is 1. The van der Waals surface area contributed by atoms with Gasteiger partial charge in [-0.1, -0.05) is 17.3 Å². The van der Waals surface area contributed by atoms with Crippen LogP contribution in [0.15, 0.2) is 34.3 Å². The first-order valence-corrected chi connectivity index (χ1v) is 7.14. The minimum absolute atomic E-state index is 0.0173. The Kier molecular flexibility index (Phi) is 5.69. The van der Waals surface area contributed by atoms with Crippen molar-refractivity contribution < 1.29 is 10.0 Å². The molecule has 6 heteroatoms. The first-order chi connectivity index (χ1) is 9.01. The highest BCUT2D eigenvalue weighted by Crippen LogP contribution is 2.22. The summed E-state index contributed by atoms with van der Waals surface area (Å²) in [4.78, 5) is 15.0. The Bertz CT molecular complexity index is 475. The molecule has 0 spiro atoms. The summed E-state index contributed by atoms with van der Waals surface area (Å²) in [5.74, 6) is -0.102. The Hall–Kier alpha value is -1.69. The molecule has 19 heavy (non-hydrogen) atoms. The fraction of sp³-hybridized carbons (Fsp3) is 0.385. The molecular formula is C13H19N3O2S. The van der Waals surface area contributed by atoms with Crippen LogP contribution in [0.5, 0.6) is 0 Å². The SMILES string of the molecule is CSc1ccccc1C(=O)N(CC(N)=NO)C(C)C. The second-order valence-corrected chi connectivity index (χ2v) is 5.17. The minimum atomic E-state index is -0.119. The molecule has 0 aliphatic carbocycles. The molecule has 0 unspecified atom stereocenters. The van der Waals surface area contributed by atoms with Gasteiger partial charge in [0.15, 0.2) is 5.84 Å². The number of rotatable bonds is 5. The van der Waals surface area contributed by atoms with Crippen molar-refractivity contribution in [3.05, 3.63) is 29.8 Å². The van der Waals surface area contributed by atoms with Crippen LogP contribution in [0, 0.1) is 0 Å². The molecule has 0 saturated heterocycles. The fourth-order valence-corrected chi connectivity index (χ4v) is 2.26. The summed E-state index contributed by atoms with van der Waals surface area (Å²) in [7, 11) is 0. The second-order valence-electron chi connectivity index (χ2n) is 4.32. The molecule has 0 aliphatic rings. The lowest BCUT2D eigenvalue weighted by Gasteiger charge is -2.26. The van der Waals surface area contributed by atoms with E-state index in [1.807, 2.05) is 38.3 Å². The third kappa shape index (κ3) is 3.89. The molecule has 0 heterocycles. The van der Waals surface area contributed by atoms with Crippen LogP contribution in [-0.4, -0.2) is 40.7 Å². The van der Waals surface area contributed by atoms with Gasteiger partial charge in [0.25, 0.3) is 5.91 Å². The van der Waals surface area contributed by atoms with E-state index in [0.29, 0.717) is 5.56 Å². The number of benzene rings is 1. The van der Waals surface area contributed by atoms with Crippen LogP contribution >= 0.6 is 11.8 Å². The van der Waals surface area contributed by atoms with Crippen molar-refractivity contribution in [3.8, 4) is 0 Å². The Labute approximate surface area is 117 Å². The maximum absolute atomic E-state index is 12.5. The number of hydrogen-bond acceptors (Lipinski definition) is 4. The lowest BCUT2D eigenvalue weighted by Crippen LogP contribution is -2.43.